The van der Waals surface area contributed by atoms with Gasteiger partial charge in [-0.3, -0.25) is 0 Å². The van der Waals surface area contributed by atoms with Gasteiger partial charge in [-0.05, 0) is 65.3 Å². The molecule has 0 bridgehead atoms. The summed E-state index contributed by atoms with van der Waals surface area (Å²) < 4.78 is 0. The summed E-state index contributed by atoms with van der Waals surface area (Å²) in [6.45, 7) is 9.30. The second kappa shape index (κ2) is 7.21. The van der Waals surface area contributed by atoms with Crippen LogP contribution in [0.5, 0.6) is 0 Å². The molecule has 1 saturated heterocycles. The lowest BCUT2D eigenvalue weighted by molar-refractivity contribution is 0.0909. The van der Waals surface area contributed by atoms with E-state index in [-0.39, 0.29) is 12.1 Å². The number of likely N-dealkylation sites (N-methyl/N-ethyl adjacent to an activating group) is 1. The average Bonchev–Trinajstić information content (AvgIpc) is 2.92. The van der Waals surface area contributed by atoms with Crippen molar-refractivity contribution >= 4 is 0 Å². The Labute approximate surface area is 124 Å². The summed E-state index contributed by atoms with van der Waals surface area (Å²) in [6, 6.07) is 1.37. The molecule has 2 fully saturated rings. The Morgan fingerprint density at radius 1 is 1.20 bits per heavy atom. The highest BCUT2D eigenvalue weighted by Gasteiger charge is 2.41. The molecule has 20 heavy (non-hydrogen) atoms. The summed E-state index contributed by atoms with van der Waals surface area (Å²) in [5.41, 5.74) is -0.0161. The minimum Gasteiger partial charge on any atom is -0.394 e. The smallest absolute Gasteiger partial charge is 0.0613 e. The SMILES string of the molecule is CCNC1(CO)CCC(N(C)C2CCN(CC)CC2)C1. The molecule has 0 aromatic carbocycles. The van der Waals surface area contributed by atoms with Crippen LogP contribution in [0.4, 0.5) is 0 Å². The van der Waals surface area contributed by atoms with E-state index in [0.717, 1.165) is 25.4 Å². The lowest BCUT2D eigenvalue weighted by atomic mass is 9.97. The maximum Gasteiger partial charge on any atom is 0.0613 e. The summed E-state index contributed by atoms with van der Waals surface area (Å²) in [5, 5.41) is 13.3. The molecule has 0 aromatic heterocycles. The molecule has 2 atom stereocenters. The predicted octanol–water partition coefficient (Wildman–Crippen LogP) is 1.30. The molecule has 1 aliphatic carbocycles. The molecule has 0 radical (unpaired) electrons. The van der Waals surface area contributed by atoms with Crippen LogP contribution in [0.25, 0.3) is 0 Å². The standard InChI is InChI=1S/C16H33N3O/c1-4-17-16(13-20)9-6-15(12-16)18(3)14-7-10-19(5-2)11-8-14/h14-15,17,20H,4-13H2,1-3H3. The van der Waals surface area contributed by atoms with Gasteiger partial charge in [-0.1, -0.05) is 13.8 Å². The Balaban J connectivity index is 1.86. The molecular weight excluding hydrogens is 250 g/mol. The number of nitrogens with zero attached hydrogens (tertiary/aromatic N) is 2. The molecule has 0 spiro atoms. The highest BCUT2D eigenvalue weighted by molar-refractivity contribution is 5.00. The van der Waals surface area contributed by atoms with Gasteiger partial charge in [-0.15, -0.1) is 0 Å². The first-order valence-electron chi connectivity index (χ1n) is 8.44. The van der Waals surface area contributed by atoms with Crippen molar-refractivity contribution in [2.75, 3.05) is 39.8 Å². The van der Waals surface area contributed by atoms with Gasteiger partial charge in [0, 0.05) is 17.6 Å². The van der Waals surface area contributed by atoms with Crippen molar-refractivity contribution in [3.05, 3.63) is 0 Å². The second-order valence-corrected chi connectivity index (χ2v) is 6.70. The molecule has 1 saturated carbocycles. The third-order valence-electron chi connectivity index (χ3n) is 5.59. The number of aliphatic hydroxyl groups excluding tert-OH is 1. The Morgan fingerprint density at radius 2 is 1.90 bits per heavy atom. The van der Waals surface area contributed by atoms with Crippen LogP contribution in [0.1, 0.15) is 46.0 Å². The molecule has 4 nitrogen and oxygen atoms in total. The number of aliphatic hydroxyl groups is 1. The van der Waals surface area contributed by atoms with Gasteiger partial charge >= 0.3 is 0 Å². The molecule has 0 amide bonds. The molecule has 1 aliphatic heterocycles. The first-order chi connectivity index (χ1) is 9.64. The summed E-state index contributed by atoms with van der Waals surface area (Å²) in [6.07, 6.45) is 6.03. The number of likely N-dealkylation sites (tertiary alicyclic amines) is 1. The van der Waals surface area contributed by atoms with Crippen molar-refractivity contribution in [1.82, 2.24) is 15.1 Å². The first-order valence-corrected chi connectivity index (χ1v) is 8.44. The van der Waals surface area contributed by atoms with Crippen LogP contribution in [0.15, 0.2) is 0 Å². The highest BCUT2D eigenvalue weighted by Crippen LogP contribution is 2.34. The van der Waals surface area contributed by atoms with Crippen molar-refractivity contribution in [2.24, 2.45) is 0 Å². The van der Waals surface area contributed by atoms with Crippen molar-refractivity contribution in [3.8, 4) is 0 Å². The lowest BCUT2D eigenvalue weighted by Gasteiger charge is -2.39. The zero-order valence-electron chi connectivity index (χ0n) is 13.6. The summed E-state index contributed by atoms with van der Waals surface area (Å²) in [4.78, 5) is 5.16. The van der Waals surface area contributed by atoms with Crippen LogP contribution in [-0.4, -0.2) is 72.4 Å². The Bertz CT molecular complexity index is 291. The largest absolute Gasteiger partial charge is 0.394 e. The van der Waals surface area contributed by atoms with E-state index in [1.54, 1.807) is 0 Å². The van der Waals surface area contributed by atoms with Gasteiger partial charge in [0.1, 0.15) is 0 Å². The van der Waals surface area contributed by atoms with Crippen LogP contribution in [0.2, 0.25) is 0 Å². The van der Waals surface area contributed by atoms with Crippen molar-refractivity contribution in [1.29, 1.82) is 0 Å². The quantitative estimate of drug-likeness (QED) is 0.771. The van der Waals surface area contributed by atoms with Crippen LogP contribution >= 0.6 is 0 Å². The molecule has 2 rings (SSSR count). The Morgan fingerprint density at radius 3 is 2.45 bits per heavy atom. The maximum atomic E-state index is 9.74. The van der Waals surface area contributed by atoms with Crippen molar-refractivity contribution < 1.29 is 5.11 Å². The fourth-order valence-electron chi connectivity index (χ4n) is 4.12. The summed E-state index contributed by atoms with van der Waals surface area (Å²) in [7, 11) is 2.30. The van der Waals surface area contributed by atoms with E-state index < -0.39 is 0 Å². The van der Waals surface area contributed by atoms with Crippen molar-refractivity contribution in [2.45, 2.75) is 63.6 Å². The van der Waals surface area contributed by atoms with Gasteiger partial charge in [0.05, 0.1) is 6.61 Å². The molecule has 0 aromatic rings. The number of piperidine rings is 1. The van der Waals surface area contributed by atoms with Crippen LogP contribution in [0, 0.1) is 0 Å². The normalized spacial score (nSPS) is 33.1. The Kier molecular flexibility index (Phi) is 5.84. The lowest BCUT2D eigenvalue weighted by Crippen LogP contribution is -2.50. The van der Waals surface area contributed by atoms with E-state index in [1.165, 1.54) is 38.9 Å². The number of rotatable bonds is 6. The summed E-state index contributed by atoms with van der Waals surface area (Å²) >= 11 is 0. The van der Waals surface area contributed by atoms with E-state index >= 15 is 0 Å². The zero-order chi connectivity index (χ0) is 14.6. The Hall–Kier alpha value is -0.160. The van der Waals surface area contributed by atoms with E-state index in [2.05, 4.69) is 36.0 Å². The molecule has 1 heterocycles. The topological polar surface area (TPSA) is 38.7 Å². The predicted molar refractivity (Wildman–Crippen MR) is 84.0 cm³/mol. The number of nitrogens with one attached hydrogen (secondary N) is 1. The molecule has 2 N–H and O–H groups in total. The fourth-order valence-corrected chi connectivity index (χ4v) is 4.12. The minimum absolute atomic E-state index is 0.0161. The van der Waals surface area contributed by atoms with Gasteiger partial charge in [0.15, 0.2) is 0 Å². The molecule has 2 unspecified atom stereocenters. The van der Waals surface area contributed by atoms with Crippen LogP contribution in [0.3, 0.4) is 0 Å². The minimum atomic E-state index is -0.0161. The van der Waals surface area contributed by atoms with Crippen molar-refractivity contribution in [3.63, 3.8) is 0 Å². The van der Waals surface area contributed by atoms with E-state index in [9.17, 15) is 5.11 Å². The van der Waals surface area contributed by atoms with E-state index in [1.807, 2.05) is 0 Å². The highest BCUT2D eigenvalue weighted by atomic mass is 16.3. The molecule has 2 aliphatic rings. The van der Waals surface area contributed by atoms with Gasteiger partial charge < -0.3 is 20.2 Å². The van der Waals surface area contributed by atoms with Gasteiger partial charge in [0.2, 0.25) is 0 Å². The van der Waals surface area contributed by atoms with E-state index in [0.29, 0.717) is 6.04 Å². The van der Waals surface area contributed by atoms with Crippen LogP contribution < -0.4 is 5.32 Å². The third-order valence-corrected chi connectivity index (χ3v) is 5.59. The number of hydrogen-bond donors (Lipinski definition) is 2. The average molecular weight is 283 g/mol. The zero-order valence-corrected chi connectivity index (χ0v) is 13.6. The monoisotopic (exact) mass is 283 g/mol. The first kappa shape index (κ1) is 16.2. The molecular formula is C16H33N3O. The third kappa shape index (κ3) is 3.53. The fraction of sp³-hybridized carbons (Fsp3) is 1.00. The second-order valence-electron chi connectivity index (χ2n) is 6.70. The van der Waals surface area contributed by atoms with Gasteiger partial charge in [-0.2, -0.15) is 0 Å². The number of hydrogen-bond acceptors (Lipinski definition) is 4. The van der Waals surface area contributed by atoms with Gasteiger partial charge in [0.25, 0.3) is 0 Å². The summed E-state index contributed by atoms with van der Waals surface area (Å²) in [5.74, 6) is 0. The molecule has 118 valence electrons. The maximum absolute atomic E-state index is 9.74. The van der Waals surface area contributed by atoms with Gasteiger partial charge in [-0.25, -0.2) is 0 Å². The van der Waals surface area contributed by atoms with Crippen LogP contribution in [-0.2, 0) is 0 Å². The van der Waals surface area contributed by atoms with E-state index in [4.69, 9.17) is 0 Å². The molecule has 4 heteroatoms.